The molecule has 0 aromatic rings. The second-order valence-electron chi connectivity index (χ2n) is 31.0. The molecule has 108 heavy (non-hydrogen) atoms. The molecule has 0 saturated heterocycles. The van der Waals surface area contributed by atoms with E-state index in [9.17, 15) is 28.8 Å². The molecular weight excluding hydrogens is 1350 g/mol. The van der Waals surface area contributed by atoms with Crippen molar-refractivity contribution in [3.63, 3.8) is 0 Å². The first-order chi connectivity index (χ1) is 53.1. The Kier molecular flexibility index (Phi) is 84.0. The first-order valence-electron chi connectivity index (χ1n) is 46.1. The van der Waals surface area contributed by atoms with E-state index in [0.29, 0.717) is 25.7 Å². The van der Waals surface area contributed by atoms with Crippen molar-refractivity contribution in [2.24, 2.45) is 0 Å². The maximum atomic E-state index is 13.0. The van der Waals surface area contributed by atoms with Crippen molar-refractivity contribution in [3.05, 3.63) is 72.9 Å². The summed E-state index contributed by atoms with van der Waals surface area (Å²) in [5.41, 5.74) is 0. The van der Waals surface area contributed by atoms with Gasteiger partial charge in [-0.1, -0.05) is 345 Å². The zero-order valence-electron chi connectivity index (χ0n) is 70.9. The number of carbonyl (C=O) groups excluding carboxylic acids is 6. The number of unbranched alkanes of at least 4 members (excludes halogenated alkanes) is 51. The fourth-order valence-electron chi connectivity index (χ4n) is 13.3. The van der Waals surface area contributed by atoms with E-state index in [1.165, 1.54) is 180 Å². The third-order valence-electron chi connectivity index (χ3n) is 20.3. The molecule has 0 radical (unpaired) electrons. The summed E-state index contributed by atoms with van der Waals surface area (Å²) >= 11 is 0. The molecule has 0 aromatic carbocycles. The highest BCUT2D eigenvalue weighted by Crippen LogP contribution is 2.19. The van der Waals surface area contributed by atoms with Gasteiger partial charge in [-0.15, -0.1) is 0 Å². The number of allylic oxidation sites excluding steroid dienone is 12. The van der Waals surface area contributed by atoms with Crippen LogP contribution in [0.5, 0.6) is 0 Å². The molecule has 0 saturated carbocycles. The Morgan fingerprint density at radius 3 is 0.537 bits per heavy atom. The van der Waals surface area contributed by atoms with Crippen molar-refractivity contribution >= 4 is 35.8 Å². The quantitative estimate of drug-likeness (QED) is 0.0246. The highest BCUT2D eigenvalue weighted by Gasteiger charge is 2.22. The van der Waals surface area contributed by atoms with Gasteiger partial charge in [-0.05, 0) is 154 Å². The molecule has 0 spiro atoms. The molecule has 626 valence electrons. The fraction of sp³-hybridized carbons (Fsp3) is 0.812. The van der Waals surface area contributed by atoms with Crippen LogP contribution >= 0.6 is 0 Å². The van der Waals surface area contributed by atoms with Crippen LogP contribution in [0.15, 0.2) is 72.9 Å². The van der Waals surface area contributed by atoms with E-state index in [-0.39, 0.29) is 75.1 Å². The lowest BCUT2D eigenvalue weighted by atomic mass is 10.0. The minimum absolute atomic E-state index is 0.113. The second kappa shape index (κ2) is 87.8. The van der Waals surface area contributed by atoms with E-state index in [1.807, 2.05) is 0 Å². The smallest absolute Gasteiger partial charge is 0.306 e. The molecule has 0 N–H and O–H groups in total. The normalized spacial score (nSPS) is 12.4. The molecule has 0 heterocycles. The van der Waals surface area contributed by atoms with Crippen molar-refractivity contribution in [1.29, 1.82) is 0 Å². The average molecular weight is 1520 g/mol. The Morgan fingerprint density at radius 1 is 0.185 bits per heavy atom. The van der Waals surface area contributed by atoms with Gasteiger partial charge in [-0.3, -0.25) is 28.8 Å². The summed E-state index contributed by atoms with van der Waals surface area (Å²) in [6, 6.07) is 0. The Balaban J connectivity index is 4.69. The second-order valence-corrected chi connectivity index (χ2v) is 31.0. The Hall–Kier alpha value is -4.74. The molecule has 0 aliphatic carbocycles. The van der Waals surface area contributed by atoms with Crippen LogP contribution in [0.3, 0.4) is 0 Å². The van der Waals surface area contributed by atoms with Gasteiger partial charge in [0.1, 0.15) is 26.4 Å². The van der Waals surface area contributed by atoms with Gasteiger partial charge in [0.15, 0.2) is 12.2 Å². The lowest BCUT2D eigenvalue weighted by Gasteiger charge is -2.18. The highest BCUT2D eigenvalue weighted by molar-refractivity contribution is 5.72. The minimum atomic E-state index is -0.831. The average Bonchev–Trinajstić information content (AvgIpc) is 0.958. The van der Waals surface area contributed by atoms with Gasteiger partial charge in [-0.2, -0.15) is 0 Å². The van der Waals surface area contributed by atoms with Crippen molar-refractivity contribution in [3.8, 4) is 0 Å². The number of hydrogen-bond donors (Lipinski definition) is 0. The Labute approximate surface area is 665 Å². The highest BCUT2D eigenvalue weighted by atomic mass is 16.6. The van der Waals surface area contributed by atoms with E-state index in [4.69, 9.17) is 28.4 Å². The van der Waals surface area contributed by atoms with Gasteiger partial charge in [0.25, 0.3) is 0 Å². The van der Waals surface area contributed by atoms with E-state index in [1.54, 1.807) is 0 Å². The molecule has 0 bridgehead atoms. The maximum absolute atomic E-state index is 13.0. The summed E-state index contributed by atoms with van der Waals surface area (Å²) in [4.78, 5) is 77.3. The molecular formula is C96H170O12. The summed E-state index contributed by atoms with van der Waals surface area (Å²) in [6.07, 6.45) is 97.9. The van der Waals surface area contributed by atoms with Gasteiger partial charge >= 0.3 is 35.8 Å². The van der Waals surface area contributed by atoms with Crippen molar-refractivity contribution in [2.45, 2.75) is 477 Å². The molecule has 0 amide bonds. The monoisotopic (exact) mass is 1520 g/mol. The fourth-order valence-corrected chi connectivity index (χ4v) is 13.3. The van der Waals surface area contributed by atoms with Crippen LogP contribution in [0, 0.1) is 0 Å². The van der Waals surface area contributed by atoms with E-state index >= 15 is 0 Å². The van der Waals surface area contributed by atoms with E-state index in [2.05, 4.69) is 101 Å². The molecule has 0 aliphatic heterocycles. The summed E-state index contributed by atoms with van der Waals surface area (Å²) in [5.74, 6) is -1.97. The summed E-state index contributed by atoms with van der Waals surface area (Å²) in [5, 5.41) is 0. The van der Waals surface area contributed by atoms with Crippen molar-refractivity contribution in [2.75, 3.05) is 26.4 Å². The van der Waals surface area contributed by atoms with E-state index < -0.39 is 12.2 Å². The SMILES string of the molecule is CCCCC/C=C\C/C=C\CCCCCCCC(=O)OC(COC(=O)CCCCCCC/C=C\CCCCCCCC)COC(=O)CCCCCCC/C=C\CCCCCCCC(=O)OCC(COC(=O)CCCCCCCCCCCCCCCCC)OC(=O)CCCCCCC/C=C\C/C=C\CCCCC. The number of ether oxygens (including phenoxy) is 6. The molecule has 0 rings (SSSR count). The van der Waals surface area contributed by atoms with Crippen LogP contribution in [-0.2, 0) is 57.2 Å². The first kappa shape index (κ1) is 103. The predicted octanol–water partition coefficient (Wildman–Crippen LogP) is 28.9. The number of esters is 6. The minimum Gasteiger partial charge on any atom is -0.462 e. The lowest BCUT2D eigenvalue weighted by Crippen LogP contribution is -2.30. The molecule has 0 aliphatic rings. The van der Waals surface area contributed by atoms with Gasteiger partial charge < -0.3 is 28.4 Å². The molecule has 2 unspecified atom stereocenters. The van der Waals surface area contributed by atoms with Crippen LogP contribution in [0.25, 0.3) is 0 Å². The molecule has 12 nitrogen and oxygen atoms in total. The number of carbonyl (C=O) groups is 6. The standard InChI is InChI=1S/C96H170O12/c1-5-9-13-17-21-25-29-33-37-43-49-55-61-67-73-79-91(97)103-85-89(107-95(101)83-77-71-65-59-53-47-39-35-31-27-23-19-15-11-7-3)87-105-93(99)81-75-69-63-57-51-45-41-42-46-52-58-64-70-76-82-94(100)106-88-90(108-96(102)84-78-72-66-60-54-48-40-36-32-28-24-20-16-12-8-4)86-104-92(98)80-74-68-62-56-50-44-38-34-30-26-22-18-14-10-6-2/h23-24,27-28,33,35-37,39-42,89-90H,5-22,25-26,29-32,34,38,43-88H2,1-4H3/b27-23-,28-24-,37-33-,39-35-,40-36-,42-41-. The third kappa shape index (κ3) is 83.7. The third-order valence-corrected chi connectivity index (χ3v) is 20.3. The summed E-state index contributed by atoms with van der Waals surface area (Å²) in [7, 11) is 0. The summed E-state index contributed by atoms with van der Waals surface area (Å²) < 4.78 is 34.0. The van der Waals surface area contributed by atoms with Crippen molar-refractivity contribution in [1.82, 2.24) is 0 Å². The summed E-state index contributed by atoms with van der Waals surface area (Å²) in [6.45, 7) is 8.52. The zero-order valence-corrected chi connectivity index (χ0v) is 70.9. The number of hydrogen-bond acceptors (Lipinski definition) is 12. The maximum Gasteiger partial charge on any atom is 0.306 e. The Bertz CT molecular complexity index is 2170. The lowest BCUT2D eigenvalue weighted by molar-refractivity contribution is -0.167. The van der Waals surface area contributed by atoms with Gasteiger partial charge in [0.2, 0.25) is 0 Å². The van der Waals surface area contributed by atoms with Crippen LogP contribution in [0.2, 0.25) is 0 Å². The van der Waals surface area contributed by atoms with Gasteiger partial charge in [-0.25, -0.2) is 0 Å². The van der Waals surface area contributed by atoms with Gasteiger partial charge in [0.05, 0.1) is 0 Å². The molecule has 0 aromatic heterocycles. The predicted molar refractivity (Wildman–Crippen MR) is 455 cm³/mol. The van der Waals surface area contributed by atoms with Gasteiger partial charge in [0, 0.05) is 38.5 Å². The Morgan fingerprint density at radius 2 is 0.333 bits per heavy atom. The number of rotatable bonds is 85. The molecule has 0 fully saturated rings. The molecule has 2 atom stereocenters. The zero-order chi connectivity index (χ0) is 78.3. The van der Waals surface area contributed by atoms with E-state index in [0.717, 1.165) is 218 Å². The largest absolute Gasteiger partial charge is 0.462 e. The van der Waals surface area contributed by atoms with Crippen LogP contribution in [0.4, 0.5) is 0 Å². The topological polar surface area (TPSA) is 158 Å². The van der Waals surface area contributed by atoms with Crippen LogP contribution in [-0.4, -0.2) is 74.5 Å². The molecule has 12 heteroatoms. The van der Waals surface area contributed by atoms with Crippen molar-refractivity contribution < 1.29 is 57.2 Å². The first-order valence-corrected chi connectivity index (χ1v) is 46.1. The van der Waals surface area contributed by atoms with Crippen LogP contribution < -0.4 is 0 Å². The van der Waals surface area contributed by atoms with Crippen LogP contribution in [0.1, 0.15) is 464 Å².